The van der Waals surface area contributed by atoms with Crippen molar-refractivity contribution in [1.82, 2.24) is 4.90 Å². The third kappa shape index (κ3) is 5.34. The highest BCUT2D eigenvalue weighted by Crippen LogP contribution is 2.65. The maximum atomic E-state index is 12.4. The minimum absolute atomic E-state index is 0.157. The van der Waals surface area contributed by atoms with Crippen LogP contribution in [0.15, 0.2) is 23.0 Å². The Morgan fingerprint density at radius 2 is 1.90 bits per heavy atom. The number of benzene rings is 1. The average Bonchev–Trinajstić information content (AvgIpc) is 3.16. The summed E-state index contributed by atoms with van der Waals surface area (Å²) in [4.78, 5) is 15.3. The Morgan fingerprint density at radius 3 is 2.59 bits per heavy atom. The lowest BCUT2D eigenvalue weighted by Gasteiger charge is -2.64. The Kier molecular flexibility index (Phi) is 7.12. The molecule has 2 bridgehead atoms. The molecule has 0 radical (unpaired) electrons. The van der Waals surface area contributed by atoms with Gasteiger partial charge in [0.15, 0.2) is 0 Å². The van der Waals surface area contributed by atoms with E-state index in [2.05, 4.69) is 45.9 Å². The molecule has 3 saturated carbocycles. The van der Waals surface area contributed by atoms with Gasteiger partial charge in [-0.1, -0.05) is 38.9 Å². The van der Waals surface area contributed by atoms with Gasteiger partial charge in [0.1, 0.15) is 11.4 Å². The zero-order chi connectivity index (χ0) is 29.5. The molecule has 3 aliphatic carbocycles. The van der Waals surface area contributed by atoms with Crippen molar-refractivity contribution in [3.8, 4) is 5.75 Å². The molecule has 224 valence electrons. The summed E-state index contributed by atoms with van der Waals surface area (Å²) in [6.07, 6.45) is 4.34. The lowest BCUT2D eigenvalue weighted by molar-refractivity contribution is -0.199. The number of fused-ring (bicyclic) bond motifs is 1. The van der Waals surface area contributed by atoms with E-state index in [1.54, 1.807) is 4.90 Å². The van der Waals surface area contributed by atoms with Crippen LogP contribution in [0.25, 0.3) is 6.08 Å². The van der Waals surface area contributed by atoms with Crippen LogP contribution in [-0.4, -0.2) is 59.5 Å². The largest absolute Gasteiger partial charge is 0.486 e. The number of hydrogen-bond acceptors (Lipinski definition) is 7. The van der Waals surface area contributed by atoms with E-state index in [0.29, 0.717) is 42.2 Å². The van der Waals surface area contributed by atoms with Crippen LogP contribution < -0.4 is 4.74 Å². The van der Waals surface area contributed by atoms with E-state index >= 15 is 0 Å². The maximum Gasteiger partial charge on any atom is 0.486 e. The van der Waals surface area contributed by atoms with Crippen molar-refractivity contribution in [3.63, 3.8) is 0 Å². The molecule has 1 aromatic rings. The zero-order valence-electron chi connectivity index (χ0n) is 26.1. The molecular weight excluding hydrogens is 537 g/mol. The number of thioether (sulfide) groups is 1. The Hall–Kier alpha value is -1.68. The molecule has 2 saturated heterocycles. The summed E-state index contributed by atoms with van der Waals surface area (Å²) in [5.74, 6) is 3.88. The number of rotatable bonds is 5. The number of hydrogen-bond donors (Lipinski definition) is 0. The summed E-state index contributed by atoms with van der Waals surface area (Å²) >= 11 is 1.83. The van der Waals surface area contributed by atoms with Crippen LogP contribution in [-0.2, 0) is 25.4 Å². The molecule has 0 aromatic heterocycles. The van der Waals surface area contributed by atoms with Gasteiger partial charge in [-0.25, -0.2) is 4.79 Å². The Balaban J connectivity index is 1.15. The van der Waals surface area contributed by atoms with Crippen LogP contribution in [0.1, 0.15) is 86.3 Å². The molecule has 1 aromatic carbocycles. The number of likely N-dealkylation sites (tertiary alicyclic amines) is 1. The van der Waals surface area contributed by atoms with Crippen molar-refractivity contribution in [1.29, 1.82) is 0 Å². The van der Waals surface area contributed by atoms with Crippen LogP contribution in [0.4, 0.5) is 4.79 Å². The molecule has 3 heterocycles. The second-order valence-corrected chi connectivity index (χ2v) is 16.3. The van der Waals surface area contributed by atoms with Gasteiger partial charge in [-0.2, -0.15) is 0 Å². The first-order valence-electron chi connectivity index (χ1n) is 15.2. The SMILES string of the molecule is CC(Sc1ccc(/C=C/B2O[C@H]3C[C@H]4C[C@H](C4(C)C)[C@]3(C)O2)c2c1COC(C)(C)O2)C1CN(C(=O)OC(C)(C)C)C1. The smallest absolute Gasteiger partial charge is 0.462 e. The van der Waals surface area contributed by atoms with Crippen molar-refractivity contribution in [2.75, 3.05) is 13.1 Å². The Morgan fingerprint density at radius 1 is 1.17 bits per heavy atom. The van der Waals surface area contributed by atoms with E-state index in [1.807, 2.05) is 52.4 Å². The number of carbonyl (C=O) groups is 1. The third-order valence-corrected chi connectivity index (χ3v) is 11.5. The van der Waals surface area contributed by atoms with E-state index < -0.39 is 11.4 Å². The summed E-state index contributed by atoms with van der Waals surface area (Å²) in [5, 5.41) is 0.328. The molecule has 5 atom stereocenters. The highest BCUT2D eigenvalue weighted by molar-refractivity contribution is 8.00. The normalized spacial score (nSPS) is 32.5. The van der Waals surface area contributed by atoms with Crippen LogP contribution in [0.3, 0.4) is 0 Å². The molecule has 0 spiro atoms. The van der Waals surface area contributed by atoms with E-state index in [1.165, 1.54) is 6.42 Å². The highest BCUT2D eigenvalue weighted by atomic mass is 32.2. The monoisotopic (exact) mass is 583 g/mol. The van der Waals surface area contributed by atoms with Gasteiger partial charge >= 0.3 is 13.2 Å². The second-order valence-electron chi connectivity index (χ2n) is 14.9. The van der Waals surface area contributed by atoms with Gasteiger partial charge in [-0.3, -0.25) is 0 Å². The zero-order valence-corrected chi connectivity index (χ0v) is 26.9. The summed E-state index contributed by atoms with van der Waals surface area (Å²) < 4.78 is 31.0. The van der Waals surface area contributed by atoms with E-state index in [0.717, 1.165) is 34.1 Å². The van der Waals surface area contributed by atoms with Gasteiger partial charge < -0.3 is 28.4 Å². The first kappa shape index (κ1) is 29.4. The van der Waals surface area contributed by atoms with Gasteiger partial charge in [-0.05, 0) is 63.9 Å². The fourth-order valence-electron chi connectivity index (χ4n) is 7.39. The summed E-state index contributed by atoms with van der Waals surface area (Å²) in [6.45, 7) is 20.8. The van der Waals surface area contributed by atoms with Crippen LogP contribution >= 0.6 is 11.8 Å². The van der Waals surface area contributed by atoms with Crippen molar-refractivity contribution >= 4 is 31.0 Å². The molecule has 0 N–H and O–H groups in total. The summed E-state index contributed by atoms with van der Waals surface area (Å²) in [5.41, 5.74) is 1.70. The van der Waals surface area contributed by atoms with Crippen molar-refractivity contribution in [2.45, 2.75) is 115 Å². The van der Waals surface area contributed by atoms with Crippen LogP contribution in [0.5, 0.6) is 5.75 Å². The van der Waals surface area contributed by atoms with Gasteiger partial charge in [0.2, 0.25) is 5.79 Å². The summed E-state index contributed by atoms with van der Waals surface area (Å²) in [7, 11) is -0.357. The minimum atomic E-state index is -0.707. The van der Waals surface area contributed by atoms with Gasteiger partial charge in [-0.15, -0.1) is 11.8 Å². The molecular formula is C32H46BNO6S. The standard InChI is InChI=1S/C32H46BNO6S/c1-19(21-16-34(17-21)28(35)38-29(2,3)4)41-24-11-10-20(27-23(24)18-36-31(7,8)37-27)12-13-33-39-26-15-22-14-25(30(22,5)6)32(26,9)40-33/h10-13,19,21-22,25-26H,14-18H2,1-9H3/b13-12+/t19?,22-,25-,26+,32+/m1/s1. The Bertz CT molecular complexity index is 1240. The highest BCUT2D eigenvalue weighted by Gasteiger charge is 2.67. The molecule has 1 unspecified atom stereocenters. The Labute approximate surface area is 250 Å². The quantitative estimate of drug-likeness (QED) is 0.274. The molecule has 9 heteroatoms. The predicted octanol–water partition coefficient (Wildman–Crippen LogP) is 6.96. The lowest BCUT2D eigenvalue weighted by Crippen LogP contribution is -2.65. The molecule has 6 aliphatic rings. The van der Waals surface area contributed by atoms with E-state index in [-0.39, 0.29) is 24.9 Å². The molecule has 3 aliphatic heterocycles. The topological polar surface area (TPSA) is 66.5 Å². The van der Waals surface area contributed by atoms with Gasteiger partial charge in [0.25, 0.3) is 0 Å². The van der Waals surface area contributed by atoms with Crippen molar-refractivity contribution < 1.29 is 28.3 Å². The van der Waals surface area contributed by atoms with Crippen LogP contribution in [0, 0.1) is 23.2 Å². The van der Waals surface area contributed by atoms with Gasteiger partial charge in [0.05, 0.1) is 18.3 Å². The molecule has 1 amide bonds. The summed E-state index contributed by atoms with van der Waals surface area (Å²) in [6, 6.07) is 4.30. The average molecular weight is 584 g/mol. The number of ether oxygens (including phenoxy) is 3. The molecule has 5 fully saturated rings. The number of nitrogens with zero attached hydrogens (tertiary/aromatic N) is 1. The van der Waals surface area contributed by atoms with E-state index in [4.69, 9.17) is 23.5 Å². The fourth-order valence-corrected chi connectivity index (χ4v) is 8.60. The predicted molar refractivity (Wildman–Crippen MR) is 162 cm³/mol. The molecule has 7 nitrogen and oxygen atoms in total. The number of amides is 1. The second kappa shape index (κ2) is 9.93. The first-order valence-corrected chi connectivity index (χ1v) is 16.1. The van der Waals surface area contributed by atoms with Crippen LogP contribution in [0.2, 0.25) is 0 Å². The van der Waals surface area contributed by atoms with Crippen molar-refractivity contribution in [3.05, 3.63) is 29.2 Å². The lowest BCUT2D eigenvalue weighted by atomic mass is 9.43. The van der Waals surface area contributed by atoms with Gasteiger partial charge in [0, 0.05) is 54.1 Å². The maximum absolute atomic E-state index is 12.4. The molecule has 7 rings (SSSR count). The minimum Gasteiger partial charge on any atom is -0.462 e. The van der Waals surface area contributed by atoms with E-state index in [9.17, 15) is 4.79 Å². The molecule has 41 heavy (non-hydrogen) atoms. The first-order chi connectivity index (χ1) is 19.1. The number of carbonyl (C=O) groups excluding carboxylic acids is 1. The third-order valence-electron chi connectivity index (χ3n) is 10.1. The fraction of sp³-hybridized carbons (Fsp3) is 0.719. The van der Waals surface area contributed by atoms with Crippen molar-refractivity contribution in [2.24, 2.45) is 23.2 Å².